The quantitative estimate of drug-likeness (QED) is 0.742. The van der Waals surface area contributed by atoms with Crippen molar-refractivity contribution in [3.05, 3.63) is 17.9 Å². The van der Waals surface area contributed by atoms with E-state index < -0.39 is 15.9 Å². The van der Waals surface area contributed by atoms with Crippen LogP contribution in [0, 0.1) is 0 Å². The number of rotatable bonds is 8. The molecule has 1 amide bonds. The van der Waals surface area contributed by atoms with Gasteiger partial charge in [0.1, 0.15) is 0 Å². The summed E-state index contributed by atoms with van der Waals surface area (Å²) in [6.45, 7) is 9.58. The van der Waals surface area contributed by atoms with Gasteiger partial charge in [0.15, 0.2) is 5.76 Å². The lowest BCUT2D eigenvalue weighted by Crippen LogP contribution is -2.42. The summed E-state index contributed by atoms with van der Waals surface area (Å²) in [7, 11) is -2.39. The van der Waals surface area contributed by atoms with Crippen molar-refractivity contribution in [2.75, 3.05) is 20.1 Å². The first-order valence-electron chi connectivity index (χ1n) is 7.26. The van der Waals surface area contributed by atoms with Gasteiger partial charge in [-0.3, -0.25) is 9.69 Å². The van der Waals surface area contributed by atoms with E-state index in [0.717, 1.165) is 0 Å². The molecule has 0 saturated heterocycles. The Hall–Kier alpha value is -1.38. The van der Waals surface area contributed by atoms with Gasteiger partial charge in [-0.25, -0.2) is 13.1 Å². The van der Waals surface area contributed by atoms with Crippen molar-refractivity contribution in [1.82, 2.24) is 14.9 Å². The lowest BCUT2D eigenvalue weighted by molar-refractivity contribution is 0.0906. The molecule has 1 aromatic rings. The molecule has 0 radical (unpaired) electrons. The van der Waals surface area contributed by atoms with Gasteiger partial charge < -0.3 is 9.73 Å². The average Bonchev–Trinajstić information content (AvgIpc) is 2.93. The van der Waals surface area contributed by atoms with Crippen molar-refractivity contribution in [3.8, 4) is 0 Å². The largest absolute Gasteiger partial charge is 0.438 e. The molecule has 0 bridgehead atoms. The lowest BCUT2D eigenvalue weighted by Gasteiger charge is -2.30. The van der Waals surface area contributed by atoms with Gasteiger partial charge in [-0.2, -0.15) is 0 Å². The number of hydrogen-bond acceptors (Lipinski definition) is 5. The molecular weight excluding hydrogens is 306 g/mol. The number of furan rings is 1. The smallest absolute Gasteiger partial charge is 0.287 e. The molecule has 0 aliphatic heterocycles. The van der Waals surface area contributed by atoms with Crippen LogP contribution in [0.2, 0.25) is 0 Å². The maximum Gasteiger partial charge on any atom is 0.287 e. The summed E-state index contributed by atoms with van der Waals surface area (Å²) in [5.74, 6) is -0.445. The first-order chi connectivity index (χ1) is 10.2. The van der Waals surface area contributed by atoms with E-state index in [9.17, 15) is 13.2 Å². The number of nitrogens with one attached hydrogen (secondary N) is 2. The number of nitrogens with zero attached hydrogens (tertiary/aromatic N) is 1. The second-order valence-electron chi connectivity index (χ2n) is 5.51. The topological polar surface area (TPSA) is 91.6 Å². The maximum atomic E-state index is 12.0. The molecule has 1 heterocycles. The maximum absolute atomic E-state index is 12.0. The van der Waals surface area contributed by atoms with Crippen molar-refractivity contribution in [1.29, 1.82) is 0 Å². The Kier molecular flexibility index (Phi) is 6.58. The highest BCUT2D eigenvalue weighted by molar-refractivity contribution is 7.89. The van der Waals surface area contributed by atoms with Gasteiger partial charge in [0.2, 0.25) is 5.09 Å². The number of carbonyl (C=O) groups excluding carboxylic acids is 1. The Balaban J connectivity index is 2.60. The van der Waals surface area contributed by atoms with Gasteiger partial charge in [0, 0.05) is 25.2 Å². The second-order valence-corrected chi connectivity index (χ2v) is 7.32. The van der Waals surface area contributed by atoms with Gasteiger partial charge in [0.05, 0.1) is 0 Å². The zero-order valence-electron chi connectivity index (χ0n) is 13.7. The molecule has 1 aromatic heterocycles. The van der Waals surface area contributed by atoms with Crippen LogP contribution < -0.4 is 10.0 Å². The van der Waals surface area contributed by atoms with Gasteiger partial charge in [-0.1, -0.05) is 0 Å². The normalized spacial score (nSPS) is 12.4. The number of sulfonamides is 1. The van der Waals surface area contributed by atoms with E-state index in [0.29, 0.717) is 25.2 Å². The summed E-state index contributed by atoms with van der Waals surface area (Å²) in [5, 5.41) is 2.46. The van der Waals surface area contributed by atoms with Crippen LogP contribution in [0.3, 0.4) is 0 Å². The minimum atomic E-state index is -3.67. The van der Waals surface area contributed by atoms with Crippen LogP contribution in [0.25, 0.3) is 0 Å². The molecule has 0 aliphatic carbocycles. The molecule has 1 rings (SSSR count). The molecule has 22 heavy (non-hydrogen) atoms. The third kappa shape index (κ3) is 4.82. The van der Waals surface area contributed by atoms with Crippen molar-refractivity contribution in [2.24, 2.45) is 0 Å². The lowest BCUT2D eigenvalue weighted by atomic mass is 10.2. The van der Waals surface area contributed by atoms with Crippen molar-refractivity contribution >= 4 is 15.9 Å². The fourth-order valence-corrected chi connectivity index (χ4v) is 2.83. The molecule has 0 atom stereocenters. The molecule has 0 aliphatic rings. The number of hydrogen-bond donors (Lipinski definition) is 2. The fraction of sp³-hybridized carbons (Fsp3) is 0.643. The molecule has 0 unspecified atom stereocenters. The van der Waals surface area contributed by atoms with Crippen molar-refractivity contribution < 1.29 is 17.6 Å². The fourth-order valence-electron chi connectivity index (χ4n) is 2.19. The first-order valence-corrected chi connectivity index (χ1v) is 8.74. The van der Waals surface area contributed by atoms with Crippen LogP contribution in [0.4, 0.5) is 0 Å². The summed E-state index contributed by atoms with van der Waals surface area (Å²) in [5.41, 5.74) is 0. The molecule has 2 N–H and O–H groups in total. The van der Waals surface area contributed by atoms with Gasteiger partial charge >= 0.3 is 0 Å². The van der Waals surface area contributed by atoms with Crippen molar-refractivity contribution in [3.63, 3.8) is 0 Å². The molecule has 0 aromatic carbocycles. The van der Waals surface area contributed by atoms with E-state index in [-0.39, 0.29) is 10.9 Å². The number of amides is 1. The molecule has 0 spiro atoms. The first kappa shape index (κ1) is 18.7. The third-order valence-electron chi connectivity index (χ3n) is 3.32. The Morgan fingerprint density at radius 1 is 1.23 bits per heavy atom. The molecule has 7 nitrogen and oxygen atoms in total. The monoisotopic (exact) mass is 331 g/mol. The van der Waals surface area contributed by atoms with E-state index >= 15 is 0 Å². The van der Waals surface area contributed by atoms with Gasteiger partial charge in [-0.05, 0) is 46.9 Å². The van der Waals surface area contributed by atoms with Crippen LogP contribution in [0.5, 0.6) is 0 Å². The summed E-state index contributed by atoms with van der Waals surface area (Å²) in [4.78, 5) is 14.2. The Labute approximate surface area is 132 Å². The van der Waals surface area contributed by atoms with Crippen LogP contribution >= 0.6 is 0 Å². The van der Waals surface area contributed by atoms with Crippen LogP contribution in [-0.4, -0.2) is 51.4 Å². The molecule has 0 fully saturated rings. The van der Waals surface area contributed by atoms with E-state index in [1.54, 1.807) is 0 Å². The highest BCUT2D eigenvalue weighted by atomic mass is 32.2. The van der Waals surface area contributed by atoms with Crippen molar-refractivity contribution in [2.45, 2.75) is 44.9 Å². The van der Waals surface area contributed by atoms with E-state index in [4.69, 9.17) is 4.42 Å². The molecule has 126 valence electrons. The summed E-state index contributed by atoms with van der Waals surface area (Å²) in [6.07, 6.45) is 0. The molecule has 0 saturated carbocycles. The van der Waals surface area contributed by atoms with E-state index in [2.05, 4.69) is 42.6 Å². The third-order valence-corrected chi connectivity index (χ3v) is 4.61. The number of carbonyl (C=O) groups is 1. The standard InChI is InChI=1S/C14H25N3O4S/c1-10(2)17(11(3)4)9-8-16-14(18)12-6-7-13(21-12)22(19,20)15-5/h6-7,10-11,15H,8-9H2,1-5H3,(H,16,18). The molecule has 8 heteroatoms. The van der Waals surface area contributed by atoms with Crippen LogP contribution in [0.1, 0.15) is 38.2 Å². The van der Waals surface area contributed by atoms with Crippen LogP contribution in [0.15, 0.2) is 21.6 Å². The summed E-state index contributed by atoms with van der Waals surface area (Å²) < 4.78 is 30.3. The molecular formula is C14H25N3O4S. The Morgan fingerprint density at radius 3 is 2.32 bits per heavy atom. The van der Waals surface area contributed by atoms with Gasteiger partial charge in [-0.15, -0.1) is 0 Å². The zero-order chi connectivity index (χ0) is 16.9. The van der Waals surface area contributed by atoms with E-state index in [1.807, 2.05) is 0 Å². The average molecular weight is 331 g/mol. The highest BCUT2D eigenvalue weighted by Gasteiger charge is 2.20. The Bertz CT molecular complexity index is 585. The SMILES string of the molecule is CNS(=O)(=O)c1ccc(C(=O)NCCN(C(C)C)C(C)C)o1. The Morgan fingerprint density at radius 2 is 1.82 bits per heavy atom. The highest BCUT2D eigenvalue weighted by Crippen LogP contribution is 2.13. The summed E-state index contributed by atoms with van der Waals surface area (Å²) >= 11 is 0. The van der Waals surface area contributed by atoms with E-state index in [1.165, 1.54) is 19.2 Å². The van der Waals surface area contributed by atoms with Gasteiger partial charge in [0.25, 0.3) is 15.9 Å². The zero-order valence-corrected chi connectivity index (χ0v) is 14.5. The van der Waals surface area contributed by atoms with Crippen LogP contribution in [-0.2, 0) is 10.0 Å². The second kappa shape index (κ2) is 7.75. The summed E-state index contributed by atoms with van der Waals surface area (Å²) in [6, 6.07) is 3.37. The minimum Gasteiger partial charge on any atom is -0.438 e. The predicted molar refractivity (Wildman–Crippen MR) is 84.3 cm³/mol. The minimum absolute atomic E-state index is 0.0190. The predicted octanol–water partition coefficient (Wildman–Crippen LogP) is 1.04.